The highest BCUT2D eigenvalue weighted by molar-refractivity contribution is 5.18. The SMILES string of the molecule is C=C/C=C/C=C(\C=C)OC. The topological polar surface area (TPSA) is 9.23 Å². The quantitative estimate of drug-likeness (QED) is 0.426. The van der Waals surface area contributed by atoms with E-state index in [0.717, 1.165) is 5.76 Å². The van der Waals surface area contributed by atoms with Crippen LogP contribution < -0.4 is 0 Å². The summed E-state index contributed by atoms with van der Waals surface area (Å²) in [6.07, 6.45) is 8.82. The van der Waals surface area contributed by atoms with Crippen molar-refractivity contribution in [2.24, 2.45) is 0 Å². The first kappa shape index (κ1) is 8.76. The molecule has 0 bridgehead atoms. The van der Waals surface area contributed by atoms with Gasteiger partial charge in [-0.25, -0.2) is 0 Å². The van der Waals surface area contributed by atoms with E-state index in [1.807, 2.05) is 18.2 Å². The fourth-order valence-electron chi connectivity index (χ4n) is 0.448. The van der Waals surface area contributed by atoms with Crippen LogP contribution in [0.15, 0.2) is 49.3 Å². The van der Waals surface area contributed by atoms with Crippen LogP contribution >= 0.6 is 0 Å². The van der Waals surface area contributed by atoms with Crippen molar-refractivity contribution in [2.45, 2.75) is 0 Å². The molecule has 0 fully saturated rings. The first-order valence-electron chi connectivity index (χ1n) is 3.01. The normalized spacial score (nSPS) is 11.5. The summed E-state index contributed by atoms with van der Waals surface area (Å²) in [6, 6.07) is 0. The lowest BCUT2D eigenvalue weighted by atomic mass is 10.4. The summed E-state index contributed by atoms with van der Waals surface area (Å²) in [5.41, 5.74) is 0. The average molecular weight is 136 g/mol. The first-order chi connectivity index (χ1) is 4.85. The molecular weight excluding hydrogens is 124 g/mol. The predicted octanol–water partition coefficient (Wildman–Crippen LogP) is 2.44. The van der Waals surface area contributed by atoms with Gasteiger partial charge >= 0.3 is 0 Å². The van der Waals surface area contributed by atoms with Crippen LogP contribution in [0.2, 0.25) is 0 Å². The van der Waals surface area contributed by atoms with Crippen LogP contribution in [0.25, 0.3) is 0 Å². The molecule has 0 saturated heterocycles. The highest BCUT2D eigenvalue weighted by Crippen LogP contribution is 1.95. The zero-order chi connectivity index (χ0) is 7.82. The molecule has 0 atom stereocenters. The minimum atomic E-state index is 0.748. The maximum Gasteiger partial charge on any atom is 0.118 e. The van der Waals surface area contributed by atoms with Crippen LogP contribution in [-0.4, -0.2) is 7.11 Å². The van der Waals surface area contributed by atoms with Crippen LogP contribution in [0.3, 0.4) is 0 Å². The summed E-state index contributed by atoms with van der Waals surface area (Å²) in [5, 5.41) is 0. The lowest BCUT2D eigenvalue weighted by Gasteiger charge is -1.94. The summed E-state index contributed by atoms with van der Waals surface area (Å²) < 4.78 is 4.90. The molecule has 54 valence electrons. The molecule has 0 heterocycles. The predicted molar refractivity (Wildman–Crippen MR) is 44.6 cm³/mol. The van der Waals surface area contributed by atoms with E-state index >= 15 is 0 Å². The Bertz CT molecular complexity index is 164. The molecular formula is C9H12O. The summed E-state index contributed by atoms with van der Waals surface area (Å²) >= 11 is 0. The van der Waals surface area contributed by atoms with Gasteiger partial charge in [0.05, 0.1) is 7.11 Å². The number of rotatable bonds is 4. The third kappa shape index (κ3) is 3.72. The molecule has 1 nitrogen and oxygen atoms in total. The Morgan fingerprint density at radius 3 is 2.40 bits per heavy atom. The van der Waals surface area contributed by atoms with Crippen molar-refractivity contribution in [1.29, 1.82) is 0 Å². The molecule has 10 heavy (non-hydrogen) atoms. The second-order valence-corrected chi connectivity index (χ2v) is 1.60. The minimum Gasteiger partial charge on any atom is -0.497 e. The maximum atomic E-state index is 4.90. The Hall–Kier alpha value is -1.24. The molecule has 0 rings (SSSR count). The highest BCUT2D eigenvalue weighted by Gasteiger charge is 1.80. The van der Waals surface area contributed by atoms with Gasteiger partial charge in [0.25, 0.3) is 0 Å². The standard InChI is InChI=1S/C9H12O/c1-4-6-7-8-9(5-2)10-3/h4-8H,1-2H2,3H3/b7-6+,9-8+. The van der Waals surface area contributed by atoms with E-state index in [1.54, 1.807) is 19.3 Å². The minimum absolute atomic E-state index is 0.748. The van der Waals surface area contributed by atoms with Crippen molar-refractivity contribution in [3.8, 4) is 0 Å². The van der Waals surface area contributed by atoms with Gasteiger partial charge in [-0.1, -0.05) is 31.4 Å². The van der Waals surface area contributed by atoms with Gasteiger partial charge in [-0.15, -0.1) is 0 Å². The second-order valence-electron chi connectivity index (χ2n) is 1.60. The number of hydrogen-bond acceptors (Lipinski definition) is 1. The molecule has 0 aromatic carbocycles. The monoisotopic (exact) mass is 136 g/mol. The fraction of sp³-hybridized carbons (Fsp3) is 0.111. The van der Waals surface area contributed by atoms with Gasteiger partial charge in [0.1, 0.15) is 5.76 Å². The number of ether oxygens (including phenoxy) is 1. The summed E-state index contributed by atoms with van der Waals surface area (Å²) in [5.74, 6) is 0.748. The van der Waals surface area contributed by atoms with Gasteiger partial charge in [-0.3, -0.25) is 0 Å². The summed E-state index contributed by atoms with van der Waals surface area (Å²) in [4.78, 5) is 0. The first-order valence-corrected chi connectivity index (χ1v) is 3.01. The van der Waals surface area contributed by atoms with Gasteiger partial charge in [-0.05, 0) is 12.2 Å². The molecule has 0 radical (unpaired) electrons. The van der Waals surface area contributed by atoms with E-state index in [1.165, 1.54) is 0 Å². The zero-order valence-corrected chi connectivity index (χ0v) is 6.21. The van der Waals surface area contributed by atoms with E-state index in [4.69, 9.17) is 4.74 Å². The van der Waals surface area contributed by atoms with Crippen molar-refractivity contribution in [3.63, 3.8) is 0 Å². The van der Waals surface area contributed by atoms with E-state index in [-0.39, 0.29) is 0 Å². The van der Waals surface area contributed by atoms with Gasteiger partial charge < -0.3 is 4.74 Å². The highest BCUT2D eigenvalue weighted by atomic mass is 16.5. The van der Waals surface area contributed by atoms with Crippen molar-refractivity contribution in [3.05, 3.63) is 49.3 Å². The third-order valence-electron chi connectivity index (χ3n) is 0.945. The number of allylic oxidation sites excluding steroid dienone is 5. The van der Waals surface area contributed by atoms with Gasteiger partial charge in [0, 0.05) is 0 Å². The van der Waals surface area contributed by atoms with E-state index in [0.29, 0.717) is 0 Å². The van der Waals surface area contributed by atoms with E-state index in [2.05, 4.69) is 13.2 Å². The van der Waals surface area contributed by atoms with Crippen molar-refractivity contribution < 1.29 is 4.74 Å². The third-order valence-corrected chi connectivity index (χ3v) is 0.945. The fourth-order valence-corrected chi connectivity index (χ4v) is 0.448. The Kier molecular flexibility index (Phi) is 5.16. The number of hydrogen-bond donors (Lipinski definition) is 0. The lowest BCUT2D eigenvalue weighted by Crippen LogP contribution is -1.77. The summed E-state index contributed by atoms with van der Waals surface area (Å²) in [6.45, 7) is 7.08. The van der Waals surface area contributed by atoms with Crippen molar-refractivity contribution in [1.82, 2.24) is 0 Å². The Morgan fingerprint density at radius 1 is 1.30 bits per heavy atom. The van der Waals surface area contributed by atoms with Crippen LogP contribution in [0, 0.1) is 0 Å². The molecule has 0 N–H and O–H groups in total. The van der Waals surface area contributed by atoms with E-state index < -0.39 is 0 Å². The summed E-state index contributed by atoms with van der Waals surface area (Å²) in [7, 11) is 1.61. The molecule has 0 aliphatic carbocycles. The molecule has 0 aromatic heterocycles. The van der Waals surface area contributed by atoms with Crippen LogP contribution in [0.4, 0.5) is 0 Å². The van der Waals surface area contributed by atoms with Gasteiger partial charge in [0.15, 0.2) is 0 Å². The van der Waals surface area contributed by atoms with Crippen LogP contribution in [0.1, 0.15) is 0 Å². The Morgan fingerprint density at radius 2 is 2.00 bits per heavy atom. The van der Waals surface area contributed by atoms with Crippen molar-refractivity contribution >= 4 is 0 Å². The molecule has 0 spiro atoms. The average Bonchev–Trinajstić information content (AvgIpc) is 1.99. The van der Waals surface area contributed by atoms with Gasteiger partial charge in [0.2, 0.25) is 0 Å². The molecule has 0 saturated carbocycles. The smallest absolute Gasteiger partial charge is 0.118 e. The molecule has 0 aliphatic rings. The number of methoxy groups -OCH3 is 1. The maximum absolute atomic E-state index is 4.90. The molecule has 0 unspecified atom stereocenters. The zero-order valence-electron chi connectivity index (χ0n) is 6.21. The molecule has 0 aliphatic heterocycles. The second kappa shape index (κ2) is 5.89. The molecule has 0 aromatic rings. The Balaban J connectivity index is 3.97. The molecule has 0 amide bonds. The Labute approximate surface area is 62.0 Å². The lowest BCUT2D eigenvalue weighted by molar-refractivity contribution is 0.307. The van der Waals surface area contributed by atoms with E-state index in [9.17, 15) is 0 Å². The van der Waals surface area contributed by atoms with Gasteiger partial charge in [-0.2, -0.15) is 0 Å². The van der Waals surface area contributed by atoms with Crippen LogP contribution in [0.5, 0.6) is 0 Å². The molecule has 1 heteroatoms. The van der Waals surface area contributed by atoms with Crippen molar-refractivity contribution in [2.75, 3.05) is 7.11 Å². The van der Waals surface area contributed by atoms with Crippen LogP contribution in [-0.2, 0) is 4.74 Å². The largest absolute Gasteiger partial charge is 0.497 e.